The van der Waals surface area contributed by atoms with Crippen LogP contribution in [0, 0.1) is 0 Å². The van der Waals surface area contributed by atoms with E-state index in [1.165, 1.54) is 64.2 Å². The average molecular weight is 784 g/mol. The number of ether oxygens (including phenoxy) is 2. The van der Waals surface area contributed by atoms with Crippen molar-refractivity contribution in [3.05, 3.63) is 48.6 Å². The number of phosphoric acid groups is 1. The molecule has 0 saturated heterocycles. The molecule has 0 rings (SSSR count). The lowest BCUT2D eigenvalue weighted by Crippen LogP contribution is -2.34. The van der Waals surface area contributed by atoms with Crippen LogP contribution in [0.25, 0.3) is 0 Å². The zero-order valence-electron chi connectivity index (χ0n) is 33.6. The van der Waals surface area contributed by atoms with Crippen LogP contribution in [0.2, 0.25) is 0 Å². The smallest absolute Gasteiger partial charge is 0.472 e. The molecule has 11 nitrogen and oxygen atoms in total. The van der Waals surface area contributed by atoms with Gasteiger partial charge in [0.2, 0.25) is 0 Å². The van der Waals surface area contributed by atoms with Crippen molar-refractivity contribution in [2.45, 2.75) is 180 Å². The van der Waals surface area contributed by atoms with E-state index in [9.17, 15) is 23.8 Å². The van der Waals surface area contributed by atoms with E-state index in [4.69, 9.17) is 24.8 Å². The van der Waals surface area contributed by atoms with Crippen LogP contribution in [0.3, 0.4) is 0 Å². The lowest BCUT2D eigenvalue weighted by atomic mass is 10.1. The molecule has 0 aliphatic rings. The summed E-state index contributed by atoms with van der Waals surface area (Å²) in [7, 11) is -4.72. The van der Waals surface area contributed by atoms with Crippen LogP contribution in [-0.4, -0.2) is 59.9 Å². The van der Waals surface area contributed by atoms with Crippen LogP contribution in [0.15, 0.2) is 48.6 Å². The minimum absolute atomic E-state index is 0.147. The maximum atomic E-state index is 12.6. The van der Waals surface area contributed by atoms with E-state index in [2.05, 4.69) is 67.0 Å². The molecule has 0 aromatic carbocycles. The summed E-state index contributed by atoms with van der Waals surface area (Å²) in [5, 5.41) is 8.87. The van der Waals surface area contributed by atoms with E-state index in [1.807, 2.05) is 0 Å². The number of rotatable bonds is 38. The van der Waals surface area contributed by atoms with Gasteiger partial charge < -0.3 is 25.2 Å². The molecule has 312 valence electrons. The van der Waals surface area contributed by atoms with Crippen molar-refractivity contribution in [1.29, 1.82) is 0 Å². The maximum absolute atomic E-state index is 12.6. The van der Waals surface area contributed by atoms with Crippen LogP contribution in [-0.2, 0) is 37.5 Å². The molecule has 0 aromatic rings. The Labute approximate surface area is 326 Å². The summed E-state index contributed by atoms with van der Waals surface area (Å²) in [5.41, 5.74) is 5.32. The average Bonchev–Trinajstić information content (AvgIpc) is 3.14. The fourth-order valence-electron chi connectivity index (χ4n) is 5.24. The Morgan fingerprint density at radius 3 is 1.56 bits per heavy atom. The van der Waals surface area contributed by atoms with Crippen molar-refractivity contribution < 1.29 is 47.5 Å². The fraction of sp³-hybridized carbons (Fsp3) is 0.738. The minimum Gasteiger partial charge on any atom is -0.480 e. The summed E-state index contributed by atoms with van der Waals surface area (Å²) in [6.07, 6.45) is 40.3. The third kappa shape index (κ3) is 36.4. The number of unbranched alkanes of at least 4 members (excludes halogenated alkanes) is 16. The van der Waals surface area contributed by atoms with Crippen LogP contribution in [0.4, 0.5) is 0 Å². The van der Waals surface area contributed by atoms with E-state index in [0.717, 1.165) is 64.2 Å². The monoisotopic (exact) mass is 784 g/mol. The molecule has 4 N–H and O–H groups in total. The number of carbonyl (C=O) groups is 3. The molecule has 54 heavy (non-hydrogen) atoms. The number of hydrogen-bond acceptors (Lipinski definition) is 9. The summed E-state index contributed by atoms with van der Waals surface area (Å²) in [6.45, 7) is 2.70. The highest BCUT2D eigenvalue weighted by Crippen LogP contribution is 2.43. The van der Waals surface area contributed by atoms with Gasteiger partial charge in [-0.3, -0.25) is 23.4 Å². The van der Waals surface area contributed by atoms with E-state index in [1.54, 1.807) is 0 Å². The number of nitrogens with two attached hydrogens (primary N) is 1. The number of esters is 2. The molecule has 0 spiro atoms. The zero-order valence-corrected chi connectivity index (χ0v) is 34.4. The molecule has 0 radical (unpaired) electrons. The number of phosphoric ester groups is 1. The Bertz CT molecular complexity index is 1110. The summed E-state index contributed by atoms with van der Waals surface area (Å²) in [5.74, 6) is -2.44. The summed E-state index contributed by atoms with van der Waals surface area (Å²) < 4.78 is 32.6. The second-order valence-corrected chi connectivity index (χ2v) is 15.2. The first-order valence-corrected chi connectivity index (χ1v) is 22.2. The van der Waals surface area contributed by atoms with Crippen molar-refractivity contribution >= 4 is 25.7 Å². The van der Waals surface area contributed by atoms with E-state index in [-0.39, 0.29) is 19.4 Å². The Morgan fingerprint density at radius 2 is 0.981 bits per heavy atom. The number of hydrogen-bond donors (Lipinski definition) is 3. The number of carboxylic acids is 1. The third-order valence-corrected chi connectivity index (χ3v) is 9.50. The molecular weight excluding hydrogens is 709 g/mol. The second-order valence-electron chi connectivity index (χ2n) is 13.8. The molecule has 0 aliphatic heterocycles. The largest absolute Gasteiger partial charge is 0.480 e. The molecule has 0 aromatic heterocycles. The lowest BCUT2D eigenvalue weighted by Gasteiger charge is -2.20. The predicted octanol–water partition coefficient (Wildman–Crippen LogP) is 10.6. The lowest BCUT2D eigenvalue weighted by molar-refractivity contribution is -0.161. The maximum Gasteiger partial charge on any atom is 0.472 e. The highest BCUT2D eigenvalue weighted by molar-refractivity contribution is 7.47. The molecular formula is C42H74NO10P. The minimum atomic E-state index is -4.72. The normalized spacial score (nSPS) is 14.3. The second kappa shape index (κ2) is 37.4. The van der Waals surface area contributed by atoms with Gasteiger partial charge >= 0.3 is 25.7 Å². The van der Waals surface area contributed by atoms with Crippen molar-refractivity contribution in [2.24, 2.45) is 5.73 Å². The molecule has 0 aliphatic carbocycles. The molecule has 0 saturated carbocycles. The van der Waals surface area contributed by atoms with Gasteiger partial charge in [0.25, 0.3) is 0 Å². The standard InChI is InChI=1S/C42H74NO10P/c1-3-5-7-9-11-13-15-17-19-21-23-25-27-29-31-33-40(44)50-35-38(36-51-54(48,49)52-37-39(43)42(46)47)53-41(45)34-32-30-28-26-24-22-20-18-16-14-12-10-8-6-4-2/h11,13-14,16-17,19,23,25,38-39H,3-10,12,15,18,20-22,24,26-37,43H2,1-2H3,(H,46,47)(H,48,49)/b13-11+,16-14+,19-17+,25-23+/t38-,39+/m1/s1. The Hall–Kier alpha value is -2.56. The molecule has 1 unspecified atom stereocenters. The third-order valence-electron chi connectivity index (χ3n) is 8.55. The van der Waals surface area contributed by atoms with Gasteiger partial charge in [0, 0.05) is 12.8 Å². The number of aliphatic carboxylic acids is 1. The van der Waals surface area contributed by atoms with Gasteiger partial charge in [-0.15, -0.1) is 0 Å². The summed E-state index contributed by atoms with van der Waals surface area (Å²) in [4.78, 5) is 45.8. The molecule has 0 heterocycles. The quantitative estimate of drug-likeness (QED) is 0.0235. The van der Waals surface area contributed by atoms with Crippen molar-refractivity contribution in [2.75, 3.05) is 19.8 Å². The van der Waals surface area contributed by atoms with Crippen LogP contribution in [0.5, 0.6) is 0 Å². The predicted molar refractivity (Wildman–Crippen MR) is 217 cm³/mol. The van der Waals surface area contributed by atoms with E-state index >= 15 is 0 Å². The summed E-state index contributed by atoms with van der Waals surface area (Å²) >= 11 is 0. The Balaban J connectivity index is 4.47. The first kappa shape index (κ1) is 51.4. The van der Waals surface area contributed by atoms with Gasteiger partial charge in [-0.2, -0.15) is 0 Å². The van der Waals surface area contributed by atoms with Crippen molar-refractivity contribution in [1.82, 2.24) is 0 Å². The van der Waals surface area contributed by atoms with E-state index < -0.39 is 51.1 Å². The van der Waals surface area contributed by atoms with Crippen LogP contribution in [0.1, 0.15) is 168 Å². The Morgan fingerprint density at radius 1 is 0.574 bits per heavy atom. The van der Waals surface area contributed by atoms with Gasteiger partial charge in [-0.05, 0) is 77.0 Å². The SMILES string of the molecule is CCCCC/C=C/C/C=C/C/C=C/CCCCC(=O)OC[C@H](COP(=O)(O)OC[C@H](N)C(=O)O)OC(=O)CCCCCCCCC/C=C/CCCCCC. The van der Waals surface area contributed by atoms with Crippen LogP contribution < -0.4 is 5.73 Å². The topological polar surface area (TPSA) is 172 Å². The number of allylic oxidation sites excluding steroid dienone is 8. The van der Waals surface area contributed by atoms with Crippen LogP contribution >= 0.6 is 7.82 Å². The number of carboxylic acid groups (broad SMARTS) is 1. The molecule has 0 bridgehead atoms. The highest BCUT2D eigenvalue weighted by Gasteiger charge is 2.28. The first-order chi connectivity index (χ1) is 26.1. The van der Waals surface area contributed by atoms with Gasteiger partial charge in [0.15, 0.2) is 6.10 Å². The van der Waals surface area contributed by atoms with Gasteiger partial charge in [-0.1, -0.05) is 127 Å². The number of carbonyl (C=O) groups excluding carboxylic acids is 2. The highest BCUT2D eigenvalue weighted by atomic mass is 31.2. The zero-order chi connectivity index (χ0) is 40.0. The van der Waals surface area contributed by atoms with Crippen molar-refractivity contribution in [3.8, 4) is 0 Å². The molecule has 0 fully saturated rings. The summed E-state index contributed by atoms with van der Waals surface area (Å²) in [6, 6.07) is -1.53. The molecule has 12 heteroatoms. The first-order valence-electron chi connectivity index (χ1n) is 20.7. The van der Waals surface area contributed by atoms with Gasteiger partial charge in [0.05, 0.1) is 13.2 Å². The van der Waals surface area contributed by atoms with Gasteiger partial charge in [0.1, 0.15) is 12.6 Å². The Kier molecular flexibility index (Phi) is 35.6. The molecule has 3 atom stereocenters. The molecule has 0 amide bonds. The fourth-order valence-corrected chi connectivity index (χ4v) is 6.02. The van der Waals surface area contributed by atoms with Crippen molar-refractivity contribution in [3.63, 3.8) is 0 Å². The van der Waals surface area contributed by atoms with E-state index in [0.29, 0.717) is 12.8 Å². The van der Waals surface area contributed by atoms with Gasteiger partial charge in [-0.25, -0.2) is 4.57 Å².